The highest BCUT2D eigenvalue weighted by Crippen LogP contribution is 2.30. The molecule has 1 aromatic rings. The van der Waals surface area contributed by atoms with Crippen molar-refractivity contribution in [3.8, 4) is 0 Å². The van der Waals surface area contributed by atoms with Crippen molar-refractivity contribution >= 4 is 21.6 Å². The normalized spacial score (nSPS) is 12.8. The van der Waals surface area contributed by atoms with Crippen molar-refractivity contribution in [1.82, 2.24) is 5.32 Å². The summed E-state index contributed by atoms with van der Waals surface area (Å²) in [5, 5.41) is 12.4. The number of benzene rings is 1. The Morgan fingerprint density at radius 3 is 2.65 bits per heavy atom. The number of rotatable bonds is 8. The molecule has 0 radical (unpaired) electrons. The number of hydrogen-bond acceptors (Lipinski definition) is 3. The zero-order valence-corrected chi connectivity index (χ0v) is 13.3. The Bertz CT molecular complexity index is 418. The molecule has 3 nitrogen and oxygen atoms in total. The summed E-state index contributed by atoms with van der Waals surface area (Å²) in [5.74, 6) is 0. The van der Waals surface area contributed by atoms with E-state index in [9.17, 15) is 8.78 Å². The van der Waals surface area contributed by atoms with Crippen molar-refractivity contribution in [2.75, 3.05) is 31.1 Å². The molecule has 0 aromatic heterocycles. The fourth-order valence-electron chi connectivity index (χ4n) is 2.17. The third kappa shape index (κ3) is 5.00. The molecule has 1 atom stereocenters. The van der Waals surface area contributed by atoms with Gasteiger partial charge in [0.25, 0.3) is 6.43 Å². The van der Waals surface area contributed by atoms with Crippen LogP contribution in [0.5, 0.6) is 0 Å². The van der Waals surface area contributed by atoms with Gasteiger partial charge in [0.2, 0.25) is 0 Å². The van der Waals surface area contributed by atoms with Crippen molar-refractivity contribution in [3.05, 3.63) is 28.2 Å². The number of alkyl halides is 2. The van der Waals surface area contributed by atoms with Gasteiger partial charge in [-0.3, -0.25) is 0 Å². The number of halogens is 3. The molecule has 1 rings (SSSR count). The quantitative estimate of drug-likeness (QED) is 0.755. The molecular weight excluding hydrogens is 330 g/mol. The third-order valence-electron chi connectivity index (χ3n) is 3.04. The summed E-state index contributed by atoms with van der Waals surface area (Å²) in [6, 6.07) is 5.69. The lowest BCUT2D eigenvalue weighted by molar-refractivity contribution is 0.152. The van der Waals surface area contributed by atoms with Gasteiger partial charge in [-0.15, -0.1) is 0 Å². The van der Waals surface area contributed by atoms with E-state index >= 15 is 0 Å². The summed E-state index contributed by atoms with van der Waals surface area (Å²) >= 11 is 3.37. The lowest BCUT2D eigenvalue weighted by Gasteiger charge is -2.28. The van der Waals surface area contributed by atoms with Gasteiger partial charge in [0.15, 0.2) is 0 Å². The van der Waals surface area contributed by atoms with Gasteiger partial charge in [-0.05, 0) is 31.2 Å². The van der Waals surface area contributed by atoms with Crippen molar-refractivity contribution in [3.63, 3.8) is 0 Å². The number of aliphatic hydroxyl groups excluding tert-OH is 1. The Labute approximate surface area is 127 Å². The van der Waals surface area contributed by atoms with Crippen LogP contribution in [-0.2, 0) is 0 Å². The molecule has 114 valence electrons. The fourth-order valence-corrected chi connectivity index (χ4v) is 2.52. The maximum atomic E-state index is 12.7. The van der Waals surface area contributed by atoms with E-state index < -0.39 is 6.43 Å². The summed E-state index contributed by atoms with van der Waals surface area (Å²) in [4.78, 5) is 1.53. The van der Waals surface area contributed by atoms with E-state index in [1.165, 1.54) is 4.90 Å². The van der Waals surface area contributed by atoms with Crippen LogP contribution in [0.1, 0.15) is 25.5 Å². The third-order valence-corrected chi connectivity index (χ3v) is 3.53. The number of hydrogen-bond donors (Lipinski definition) is 2. The van der Waals surface area contributed by atoms with Crippen molar-refractivity contribution in [1.29, 1.82) is 0 Å². The summed E-state index contributed by atoms with van der Waals surface area (Å²) in [6.45, 7) is 4.44. The molecule has 1 aromatic carbocycles. The Balaban J connectivity index is 3.12. The highest BCUT2D eigenvalue weighted by molar-refractivity contribution is 9.10. The fraction of sp³-hybridized carbons (Fsp3) is 0.571. The van der Waals surface area contributed by atoms with Crippen LogP contribution in [0.15, 0.2) is 22.7 Å². The molecule has 0 bridgehead atoms. The van der Waals surface area contributed by atoms with Crippen molar-refractivity contribution in [2.45, 2.75) is 26.3 Å². The predicted molar refractivity (Wildman–Crippen MR) is 81.5 cm³/mol. The lowest BCUT2D eigenvalue weighted by Crippen LogP contribution is -2.33. The predicted octanol–water partition coefficient (Wildman–Crippen LogP) is 3.18. The maximum absolute atomic E-state index is 12.7. The molecule has 20 heavy (non-hydrogen) atoms. The van der Waals surface area contributed by atoms with E-state index in [4.69, 9.17) is 5.11 Å². The average Bonchev–Trinajstić information content (AvgIpc) is 2.37. The van der Waals surface area contributed by atoms with Crippen LogP contribution < -0.4 is 10.2 Å². The van der Waals surface area contributed by atoms with Crippen molar-refractivity contribution in [2.24, 2.45) is 0 Å². The van der Waals surface area contributed by atoms with Crippen molar-refractivity contribution < 1.29 is 13.9 Å². The van der Waals surface area contributed by atoms with Crippen LogP contribution in [0.4, 0.5) is 14.5 Å². The van der Waals surface area contributed by atoms with Gasteiger partial charge >= 0.3 is 0 Å². The molecule has 0 aliphatic rings. The number of aliphatic hydroxyl groups is 1. The van der Waals surface area contributed by atoms with E-state index in [1.54, 1.807) is 0 Å². The molecule has 1 unspecified atom stereocenters. The van der Waals surface area contributed by atoms with E-state index in [1.807, 2.05) is 32.0 Å². The zero-order valence-electron chi connectivity index (χ0n) is 11.7. The van der Waals surface area contributed by atoms with Crippen LogP contribution in [-0.4, -0.2) is 37.8 Å². The molecule has 0 saturated heterocycles. The second-order valence-electron chi connectivity index (χ2n) is 4.54. The SMILES string of the molecule is CCNC(C)c1ccc(Br)cc1N(CCO)CC(F)F. The monoisotopic (exact) mass is 350 g/mol. The number of nitrogens with zero attached hydrogens (tertiary/aromatic N) is 1. The van der Waals surface area contributed by atoms with Gasteiger partial charge < -0.3 is 15.3 Å². The first-order chi connectivity index (χ1) is 9.49. The van der Waals surface area contributed by atoms with Crippen LogP contribution in [0, 0.1) is 0 Å². The first-order valence-corrected chi connectivity index (χ1v) is 7.45. The molecule has 0 aliphatic heterocycles. The number of anilines is 1. The molecule has 0 fully saturated rings. The van der Waals surface area contributed by atoms with Crippen LogP contribution in [0.2, 0.25) is 0 Å². The molecule has 6 heteroatoms. The molecule has 0 amide bonds. The summed E-state index contributed by atoms with van der Waals surface area (Å²) < 4.78 is 26.3. The zero-order chi connectivity index (χ0) is 15.1. The van der Waals surface area contributed by atoms with E-state index in [-0.39, 0.29) is 25.7 Å². The summed E-state index contributed by atoms with van der Waals surface area (Å²) in [6.07, 6.45) is -2.44. The number of nitrogens with one attached hydrogen (secondary N) is 1. The second kappa shape index (κ2) is 8.54. The minimum absolute atomic E-state index is 0.0574. The average molecular weight is 351 g/mol. The second-order valence-corrected chi connectivity index (χ2v) is 5.46. The summed E-state index contributed by atoms with van der Waals surface area (Å²) in [7, 11) is 0. The first kappa shape index (κ1) is 17.3. The first-order valence-electron chi connectivity index (χ1n) is 6.66. The van der Waals surface area contributed by atoms with Gasteiger partial charge in [-0.1, -0.05) is 28.9 Å². The standard InChI is InChI=1S/C14H21BrF2N2O/c1-3-18-10(2)12-5-4-11(15)8-13(12)19(6-7-20)9-14(16)17/h4-5,8,10,14,18,20H,3,6-7,9H2,1-2H3. The maximum Gasteiger partial charge on any atom is 0.255 e. The Morgan fingerprint density at radius 1 is 1.40 bits per heavy atom. The van der Waals surface area contributed by atoms with Gasteiger partial charge in [-0.25, -0.2) is 8.78 Å². The van der Waals surface area contributed by atoms with Gasteiger partial charge in [0.1, 0.15) is 0 Å². The van der Waals surface area contributed by atoms with E-state index in [0.29, 0.717) is 0 Å². The van der Waals surface area contributed by atoms with Crippen LogP contribution in [0.3, 0.4) is 0 Å². The van der Waals surface area contributed by atoms with E-state index in [2.05, 4.69) is 21.2 Å². The Kier molecular flexibility index (Phi) is 7.40. The highest BCUT2D eigenvalue weighted by Gasteiger charge is 2.18. The topological polar surface area (TPSA) is 35.5 Å². The minimum Gasteiger partial charge on any atom is -0.395 e. The molecule has 0 spiro atoms. The van der Waals surface area contributed by atoms with Crippen LogP contribution >= 0.6 is 15.9 Å². The van der Waals surface area contributed by atoms with Crippen LogP contribution in [0.25, 0.3) is 0 Å². The highest BCUT2D eigenvalue weighted by atomic mass is 79.9. The molecular formula is C14H21BrF2N2O. The Morgan fingerprint density at radius 2 is 2.10 bits per heavy atom. The van der Waals surface area contributed by atoms with Gasteiger partial charge in [0, 0.05) is 22.7 Å². The molecule has 0 aliphatic carbocycles. The van der Waals surface area contributed by atoms with Gasteiger partial charge in [-0.2, -0.15) is 0 Å². The molecule has 0 heterocycles. The molecule has 0 saturated carbocycles. The Hall–Kier alpha value is -0.720. The molecule has 2 N–H and O–H groups in total. The minimum atomic E-state index is -2.44. The van der Waals surface area contributed by atoms with Gasteiger partial charge in [0.05, 0.1) is 13.2 Å². The van der Waals surface area contributed by atoms with E-state index in [0.717, 1.165) is 22.3 Å². The largest absolute Gasteiger partial charge is 0.395 e. The lowest BCUT2D eigenvalue weighted by atomic mass is 10.0. The summed E-state index contributed by atoms with van der Waals surface area (Å²) in [5.41, 5.74) is 1.67. The smallest absolute Gasteiger partial charge is 0.255 e.